The molecule has 3 aromatic carbocycles. The molecule has 0 spiro atoms. The maximum atomic E-state index is 12.4. The highest BCUT2D eigenvalue weighted by atomic mass is 79.9. The van der Waals surface area contributed by atoms with E-state index in [1.54, 1.807) is 30.3 Å². The lowest BCUT2D eigenvalue weighted by Gasteiger charge is -2.13. The van der Waals surface area contributed by atoms with E-state index in [1.807, 2.05) is 31.2 Å². The first kappa shape index (κ1) is 23.2. The maximum Gasteiger partial charge on any atom is 0.363 e. The molecule has 8 nitrogen and oxygen atoms in total. The van der Waals surface area contributed by atoms with E-state index in [4.69, 9.17) is 14.2 Å². The number of rotatable bonds is 7. The van der Waals surface area contributed by atoms with Crippen LogP contribution < -0.4 is 9.47 Å². The number of aryl methyl sites for hydroxylation is 1. The number of ether oxygens (including phenoxy) is 3. The van der Waals surface area contributed by atoms with Gasteiger partial charge in [-0.25, -0.2) is 9.79 Å². The van der Waals surface area contributed by atoms with Gasteiger partial charge < -0.3 is 14.2 Å². The Morgan fingerprint density at radius 3 is 2.56 bits per heavy atom. The van der Waals surface area contributed by atoms with Gasteiger partial charge in [0, 0.05) is 17.7 Å². The molecule has 172 valence electrons. The van der Waals surface area contributed by atoms with Crippen molar-refractivity contribution in [2.24, 2.45) is 4.99 Å². The largest absolute Gasteiger partial charge is 0.493 e. The second kappa shape index (κ2) is 9.88. The maximum absolute atomic E-state index is 12.4. The lowest BCUT2D eigenvalue weighted by molar-refractivity contribution is -0.384. The lowest BCUT2D eigenvalue weighted by Crippen LogP contribution is -2.06. The van der Waals surface area contributed by atoms with Crippen LogP contribution in [0, 0.1) is 17.0 Å². The number of benzene rings is 3. The van der Waals surface area contributed by atoms with Gasteiger partial charge in [0.25, 0.3) is 5.69 Å². The van der Waals surface area contributed by atoms with Crippen LogP contribution in [0.4, 0.5) is 5.69 Å². The number of aliphatic imine (C=N–C) groups is 1. The summed E-state index contributed by atoms with van der Waals surface area (Å²) in [5.74, 6) is 0.633. The van der Waals surface area contributed by atoms with Crippen LogP contribution in [-0.2, 0) is 16.1 Å². The molecule has 3 aromatic rings. The summed E-state index contributed by atoms with van der Waals surface area (Å²) in [4.78, 5) is 27.1. The lowest BCUT2D eigenvalue weighted by atomic mass is 10.1. The third-order valence-corrected chi connectivity index (χ3v) is 5.67. The molecular weight excluding hydrogens is 504 g/mol. The van der Waals surface area contributed by atoms with Gasteiger partial charge >= 0.3 is 5.97 Å². The van der Waals surface area contributed by atoms with E-state index in [9.17, 15) is 14.9 Å². The van der Waals surface area contributed by atoms with E-state index in [-0.39, 0.29) is 23.9 Å². The van der Waals surface area contributed by atoms with Crippen molar-refractivity contribution >= 4 is 39.6 Å². The Kier molecular flexibility index (Phi) is 6.74. The average Bonchev–Trinajstić information content (AvgIpc) is 3.18. The minimum atomic E-state index is -0.535. The molecule has 1 heterocycles. The van der Waals surface area contributed by atoms with Crippen molar-refractivity contribution < 1.29 is 23.9 Å². The highest BCUT2D eigenvalue weighted by Gasteiger charge is 2.25. The fourth-order valence-electron chi connectivity index (χ4n) is 3.33. The van der Waals surface area contributed by atoms with Gasteiger partial charge in [0.2, 0.25) is 5.90 Å². The summed E-state index contributed by atoms with van der Waals surface area (Å²) in [5, 5.41) is 10.8. The van der Waals surface area contributed by atoms with Crippen LogP contribution >= 0.6 is 15.9 Å². The molecule has 4 rings (SSSR count). The summed E-state index contributed by atoms with van der Waals surface area (Å²) in [5.41, 5.74) is 3.32. The van der Waals surface area contributed by atoms with Crippen LogP contribution in [0.15, 0.2) is 75.8 Å². The van der Waals surface area contributed by atoms with Crippen molar-refractivity contribution in [3.8, 4) is 11.5 Å². The molecular formula is C25H19BrN2O6. The fourth-order valence-corrected chi connectivity index (χ4v) is 3.90. The number of methoxy groups -OCH3 is 1. The van der Waals surface area contributed by atoms with Gasteiger partial charge in [-0.05, 0) is 76.0 Å². The summed E-state index contributed by atoms with van der Waals surface area (Å²) in [6.07, 6.45) is 1.61. The summed E-state index contributed by atoms with van der Waals surface area (Å²) >= 11 is 3.49. The number of cyclic esters (lactones) is 1. The first-order valence-corrected chi connectivity index (χ1v) is 11.0. The number of nitro groups is 1. The Balaban J connectivity index is 1.57. The van der Waals surface area contributed by atoms with Gasteiger partial charge in [-0.15, -0.1) is 0 Å². The number of esters is 1. The Hall–Kier alpha value is -3.98. The number of nitrogens with zero attached hydrogens (tertiary/aromatic N) is 2. The van der Waals surface area contributed by atoms with Crippen molar-refractivity contribution in [3.63, 3.8) is 0 Å². The van der Waals surface area contributed by atoms with Gasteiger partial charge in [0.1, 0.15) is 6.61 Å². The van der Waals surface area contributed by atoms with Gasteiger partial charge in [-0.2, -0.15) is 0 Å². The van der Waals surface area contributed by atoms with Crippen molar-refractivity contribution in [2.75, 3.05) is 7.11 Å². The summed E-state index contributed by atoms with van der Waals surface area (Å²) in [7, 11) is 1.51. The second-order valence-corrected chi connectivity index (χ2v) is 8.25. The third-order valence-electron chi connectivity index (χ3n) is 5.08. The molecule has 0 radical (unpaired) electrons. The molecule has 0 bridgehead atoms. The predicted octanol–water partition coefficient (Wildman–Crippen LogP) is 5.60. The normalized spacial score (nSPS) is 14.0. The van der Waals surface area contributed by atoms with Crippen LogP contribution in [-0.4, -0.2) is 23.9 Å². The molecule has 0 N–H and O–H groups in total. The molecule has 1 aliphatic heterocycles. The number of hydrogen-bond donors (Lipinski definition) is 0. The first-order chi connectivity index (χ1) is 16.4. The van der Waals surface area contributed by atoms with Crippen molar-refractivity contribution in [1.29, 1.82) is 0 Å². The number of halogens is 1. The SMILES string of the molecule is COc1cc(/C=C2\N=C(c3ccccc3C)OC2=O)cc(Br)c1OCc1ccc([N+](=O)[O-])cc1. The quantitative estimate of drug-likeness (QED) is 0.173. The molecule has 0 unspecified atom stereocenters. The summed E-state index contributed by atoms with van der Waals surface area (Å²) in [6.45, 7) is 2.11. The fraction of sp³-hybridized carbons (Fsp3) is 0.120. The molecule has 9 heteroatoms. The minimum Gasteiger partial charge on any atom is -0.493 e. The highest BCUT2D eigenvalue weighted by Crippen LogP contribution is 2.38. The zero-order valence-corrected chi connectivity index (χ0v) is 19.9. The Bertz CT molecular complexity index is 1330. The summed E-state index contributed by atoms with van der Waals surface area (Å²) in [6, 6.07) is 17.1. The molecule has 0 atom stereocenters. The zero-order chi connectivity index (χ0) is 24.2. The van der Waals surface area contributed by atoms with Gasteiger partial charge in [-0.3, -0.25) is 10.1 Å². The zero-order valence-electron chi connectivity index (χ0n) is 18.3. The van der Waals surface area contributed by atoms with Gasteiger partial charge in [0.15, 0.2) is 17.2 Å². The van der Waals surface area contributed by atoms with Gasteiger partial charge in [-0.1, -0.05) is 18.2 Å². The van der Waals surface area contributed by atoms with E-state index >= 15 is 0 Å². The standard InChI is InChI=1S/C25H19BrN2O6/c1-15-5-3-4-6-19(15)24-27-21(25(29)34-24)12-17-11-20(26)23(22(13-17)32-2)33-14-16-7-9-18(10-8-16)28(30)31/h3-13H,14H2,1-2H3/b21-12-. The Labute approximate surface area is 203 Å². The number of carbonyl (C=O) groups is 1. The van der Waals surface area contributed by atoms with Crippen molar-refractivity contribution in [1.82, 2.24) is 0 Å². The molecule has 0 saturated heterocycles. The molecule has 0 amide bonds. The van der Waals surface area contributed by atoms with E-state index in [1.165, 1.54) is 19.2 Å². The minimum absolute atomic E-state index is 0.0126. The predicted molar refractivity (Wildman–Crippen MR) is 130 cm³/mol. The first-order valence-electron chi connectivity index (χ1n) is 10.2. The van der Waals surface area contributed by atoms with Crippen LogP contribution in [0.25, 0.3) is 6.08 Å². The average molecular weight is 523 g/mol. The van der Waals surface area contributed by atoms with E-state index in [0.717, 1.165) is 16.7 Å². The van der Waals surface area contributed by atoms with Gasteiger partial charge in [0.05, 0.1) is 16.5 Å². The number of nitro benzene ring substituents is 1. The molecule has 0 aliphatic carbocycles. The molecule has 0 fully saturated rings. The molecule has 0 saturated carbocycles. The van der Waals surface area contributed by atoms with Crippen molar-refractivity contribution in [2.45, 2.75) is 13.5 Å². The van der Waals surface area contributed by atoms with E-state index in [0.29, 0.717) is 21.5 Å². The molecule has 1 aliphatic rings. The van der Waals surface area contributed by atoms with Crippen LogP contribution in [0.5, 0.6) is 11.5 Å². The highest BCUT2D eigenvalue weighted by molar-refractivity contribution is 9.10. The number of carbonyl (C=O) groups excluding carboxylic acids is 1. The number of non-ortho nitro benzene ring substituents is 1. The van der Waals surface area contributed by atoms with Crippen LogP contribution in [0.3, 0.4) is 0 Å². The molecule has 34 heavy (non-hydrogen) atoms. The smallest absolute Gasteiger partial charge is 0.363 e. The summed E-state index contributed by atoms with van der Waals surface area (Å²) < 4.78 is 17.3. The van der Waals surface area contributed by atoms with Crippen molar-refractivity contribution in [3.05, 3.63) is 103 Å². The molecule has 0 aromatic heterocycles. The topological polar surface area (TPSA) is 100 Å². The second-order valence-electron chi connectivity index (χ2n) is 7.40. The third kappa shape index (κ3) is 4.99. The van der Waals surface area contributed by atoms with E-state index < -0.39 is 10.9 Å². The Morgan fingerprint density at radius 2 is 1.88 bits per heavy atom. The monoisotopic (exact) mass is 522 g/mol. The van der Waals surface area contributed by atoms with E-state index in [2.05, 4.69) is 20.9 Å². The van der Waals surface area contributed by atoms with Crippen LogP contribution in [0.1, 0.15) is 22.3 Å². The Morgan fingerprint density at radius 1 is 1.15 bits per heavy atom. The van der Waals surface area contributed by atoms with Crippen LogP contribution in [0.2, 0.25) is 0 Å². The number of hydrogen-bond acceptors (Lipinski definition) is 7.